The van der Waals surface area contributed by atoms with Crippen LogP contribution < -0.4 is 16.1 Å². The molecule has 3 rings (SSSR count). The standard InChI is InChI=1S/C15H14Cl2N4O2/c1-19(2)12-9-8(6-5-7(16)11(9)17)18-13-10(12)14(22)21(4)15(23)20(13)3/h5-6H,1-4H3. The molecule has 0 spiro atoms. The van der Waals surface area contributed by atoms with E-state index in [1.54, 1.807) is 38.2 Å². The van der Waals surface area contributed by atoms with E-state index in [4.69, 9.17) is 23.2 Å². The van der Waals surface area contributed by atoms with Gasteiger partial charge in [-0.25, -0.2) is 9.78 Å². The Balaban J connectivity index is 2.78. The predicted octanol–water partition coefficient (Wildman–Crippen LogP) is 2.16. The molecule has 2 heterocycles. The Bertz CT molecular complexity index is 1080. The van der Waals surface area contributed by atoms with Crippen molar-refractivity contribution in [1.82, 2.24) is 14.1 Å². The highest BCUT2D eigenvalue weighted by molar-refractivity contribution is 6.46. The van der Waals surface area contributed by atoms with Crippen LogP contribution in [0.15, 0.2) is 21.7 Å². The highest BCUT2D eigenvalue weighted by Gasteiger charge is 2.21. The largest absolute Gasteiger partial charge is 0.376 e. The Morgan fingerprint density at radius 3 is 2.30 bits per heavy atom. The molecule has 0 saturated heterocycles. The summed E-state index contributed by atoms with van der Waals surface area (Å²) in [7, 11) is 6.62. The molecule has 1 aromatic carbocycles. The van der Waals surface area contributed by atoms with Gasteiger partial charge in [-0.1, -0.05) is 23.2 Å². The van der Waals surface area contributed by atoms with Crippen molar-refractivity contribution in [2.75, 3.05) is 19.0 Å². The van der Waals surface area contributed by atoms with Crippen molar-refractivity contribution in [3.8, 4) is 0 Å². The normalized spacial score (nSPS) is 11.4. The Morgan fingerprint density at radius 2 is 1.70 bits per heavy atom. The summed E-state index contributed by atoms with van der Waals surface area (Å²) in [5, 5.41) is 1.63. The van der Waals surface area contributed by atoms with Crippen LogP contribution in [0, 0.1) is 0 Å². The quantitative estimate of drug-likeness (QED) is 0.629. The van der Waals surface area contributed by atoms with Crippen LogP contribution in [0.3, 0.4) is 0 Å². The van der Waals surface area contributed by atoms with Crippen LogP contribution in [0.2, 0.25) is 10.0 Å². The second-order valence-corrected chi connectivity index (χ2v) is 6.30. The van der Waals surface area contributed by atoms with E-state index in [1.807, 2.05) is 0 Å². The molecule has 0 amide bonds. The summed E-state index contributed by atoms with van der Waals surface area (Å²) < 4.78 is 2.41. The van der Waals surface area contributed by atoms with Gasteiger partial charge in [0.25, 0.3) is 5.56 Å². The number of rotatable bonds is 1. The van der Waals surface area contributed by atoms with Crippen molar-refractivity contribution in [3.63, 3.8) is 0 Å². The SMILES string of the molecule is CN(C)c1c2c(Cl)c(Cl)ccc2nc2c1c(=O)n(C)c(=O)n2C. The maximum absolute atomic E-state index is 12.7. The fourth-order valence-electron chi connectivity index (χ4n) is 2.72. The number of anilines is 1. The lowest BCUT2D eigenvalue weighted by Crippen LogP contribution is -2.38. The molecule has 0 aliphatic carbocycles. The van der Waals surface area contributed by atoms with Crippen molar-refractivity contribution in [2.24, 2.45) is 14.1 Å². The second-order valence-electron chi connectivity index (χ2n) is 5.51. The van der Waals surface area contributed by atoms with Gasteiger partial charge in [-0.2, -0.15) is 0 Å². The van der Waals surface area contributed by atoms with E-state index in [9.17, 15) is 9.59 Å². The number of hydrogen-bond donors (Lipinski definition) is 0. The van der Waals surface area contributed by atoms with E-state index < -0.39 is 11.2 Å². The number of nitrogens with zero attached hydrogens (tertiary/aromatic N) is 4. The van der Waals surface area contributed by atoms with Crippen LogP contribution in [0.5, 0.6) is 0 Å². The second kappa shape index (κ2) is 5.25. The van der Waals surface area contributed by atoms with Crippen molar-refractivity contribution >= 4 is 50.8 Å². The number of aryl methyl sites for hydroxylation is 1. The van der Waals surface area contributed by atoms with E-state index in [-0.39, 0.29) is 0 Å². The lowest BCUT2D eigenvalue weighted by Gasteiger charge is -2.20. The molecule has 120 valence electrons. The van der Waals surface area contributed by atoms with E-state index >= 15 is 0 Å². The van der Waals surface area contributed by atoms with Crippen LogP contribution >= 0.6 is 23.2 Å². The first-order valence-corrected chi connectivity index (χ1v) is 7.56. The van der Waals surface area contributed by atoms with Crippen molar-refractivity contribution in [3.05, 3.63) is 43.0 Å². The molecule has 0 N–H and O–H groups in total. The highest BCUT2D eigenvalue weighted by Crippen LogP contribution is 2.38. The minimum absolute atomic E-state index is 0.313. The zero-order chi connectivity index (χ0) is 17.0. The summed E-state index contributed by atoms with van der Waals surface area (Å²) in [5.41, 5.74) is 0.622. The molecular weight excluding hydrogens is 339 g/mol. The van der Waals surface area contributed by atoms with E-state index in [1.165, 1.54) is 11.6 Å². The third-order valence-corrected chi connectivity index (χ3v) is 4.66. The van der Waals surface area contributed by atoms with E-state index in [0.717, 1.165) is 4.57 Å². The fourth-order valence-corrected chi connectivity index (χ4v) is 3.12. The molecule has 0 atom stereocenters. The van der Waals surface area contributed by atoms with Crippen LogP contribution in [-0.4, -0.2) is 28.2 Å². The summed E-state index contributed by atoms with van der Waals surface area (Å²) in [6.45, 7) is 0. The van der Waals surface area contributed by atoms with Crippen LogP contribution in [0.25, 0.3) is 21.9 Å². The Morgan fingerprint density at radius 1 is 1.04 bits per heavy atom. The van der Waals surface area contributed by atoms with Crippen LogP contribution in [0.1, 0.15) is 0 Å². The van der Waals surface area contributed by atoms with Crippen LogP contribution in [-0.2, 0) is 14.1 Å². The molecule has 0 unspecified atom stereocenters. The van der Waals surface area contributed by atoms with Gasteiger partial charge in [0.1, 0.15) is 5.39 Å². The molecule has 0 saturated carbocycles. The number of halogens is 2. The van der Waals surface area contributed by atoms with E-state index in [2.05, 4.69) is 4.98 Å². The van der Waals surface area contributed by atoms with Gasteiger partial charge in [-0.15, -0.1) is 0 Å². The topological polar surface area (TPSA) is 60.1 Å². The summed E-state index contributed by atoms with van der Waals surface area (Å²) in [6, 6.07) is 3.36. The predicted molar refractivity (Wildman–Crippen MR) is 94.1 cm³/mol. The molecular formula is C15H14Cl2N4O2. The Labute approximate surface area is 141 Å². The molecule has 23 heavy (non-hydrogen) atoms. The zero-order valence-electron chi connectivity index (χ0n) is 13.0. The highest BCUT2D eigenvalue weighted by atomic mass is 35.5. The number of aromatic nitrogens is 3. The van der Waals surface area contributed by atoms with Gasteiger partial charge in [0.2, 0.25) is 0 Å². The maximum Gasteiger partial charge on any atom is 0.332 e. The molecule has 6 nitrogen and oxygen atoms in total. The van der Waals surface area contributed by atoms with Crippen molar-refractivity contribution < 1.29 is 0 Å². The third-order valence-electron chi connectivity index (χ3n) is 3.85. The molecule has 0 bridgehead atoms. The van der Waals surface area contributed by atoms with Gasteiger partial charge >= 0.3 is 5.69 Å². The monoisotopic (exact) mass is 352 g/mol. The van der Waals surface area contributed by atoms with Gasteiger partial charge in [0.05, 0.1) is 21.2 Å². The summed E-state index contributed by atoms with van der Waals surface area (Å²) in [4.78, 5) is 31.1. The molecule has 0 radical (unpaired) electrons. The number of pyridine rings is 1. The molecule has 2 aromatic heterocycles. The Kier molecular flexibility index (Phi) is 3.61. The minimum atomic E-state index is -0.431. The van der Waals surface area contributed by atoms with Gasteiger partial charge in [-0.3, -0.25) is 13.9 Å². The average molecular weight is 353 g/mol. The van der Waals surface area contributed by atoms with Gasteiger partial charge in [0.15, 0.2) is 5.65 Å². The fraction of sp³-hybridized carbons (Fsp3) is 0.267. The first-order valence-electron chi connectivity index (χ1n) is 6.80. The average Bonchev–Trinajstić information content (AvgIpc) is 2.52. The number of benzene rings is 1. The number of hydrogen-bond acceptors (Lipinski definition) is 4. The Hall–Kier alpha value is -2.05. The molecule has 0 aliphatic rings. The summed E-state index contributed by atoms with van der Waals surface area (Å²) in [6.07, 6.45) is 0. The molecule has 0 aliphatic heterocycles. The third kappa shape index (κ3) is 2.13. The lowest BCUT2D eigenvalue weighted by atomic mass is 10.1. The molecule has 3 aromatic rings. The summed E-state index contributed by atoms with van der Waals surface area (Å²) in [5.74, 6) is 0. The smallest absolute Gasteiger partial charge is 0.332 e. The number of fused-ring (bicyclic) bond motifs is 2. The van der Waals surface area contributed by atoms with Gasteiger partial charge in [-0.05, 0) is 12.1 Å². The first kappa shape index (κ1) is 15.8. The van der Waals surface area contributed by atoms with E-state index in [0.29, 0.717) is 37.7 Å². The van der Waals surface area contributed by atoms with Gasteiger partial charge < -0.3 is 4.90 Å². The minimum Gasteiger partial charge on any atom is -0.376 e. The molecule has 8 heteroatoms. The van der Waals surface area contributed by atoms with Crippen LogP contribution in [0.4, 0.5) is 5.69 Å². The zero-order valence-corrected chi connectivity index (χ0v) is 14.5. The maximum atomic E-state index is 12.7. The van der Waals surface area contributed by atoms with Crippen molar-refractivity contribution in [2.45, 2.75) is 0 Å². The van der Waals surface area contributed by atoms with Gasteiger partial charge in [0, 0.05) is 33.6 Å². The lowest BCUT2D eigenvalue weighted by molar-refractivity contribution is 0.708. The van der Waals surface area contributed by atoms with Crippen molar-refractivity contribution in [1.29, 1.82) is 0 Å². The molecule has 0 fully saturated rings. The summed E-state index contributed by atoms with van der Waals surface area (Å²) >= 11 is 12.5. The first-order chi connectivity index (χ1) is 10.8.